The number of fused-ring (bicyclic) bond motifs is 1. The van der Waals surface area contributed by atoms with Gasteiger partial charge in [0, 0.05) is 24.8 Å². The highest BCUT2D eigenvalue weighted by atomic mass is 32.2. The minimum Gasteiger partial charge on any atom is -0.277 e. The van der Waals surface area contributed by atoms with Crippen molar-refractivity contribution >= 4 is 26.6 Å². The van der Waals surface area contributed by atoms with E-state index in [0.29, 0.717) is 16.8 Å². The first kappa shape index (κ1) is 19.9. The Balaban J connectivity index is 1.70. The van der Waals surface area contributed by atoms with Crippen molar-refractivity contribution in [2.75, 3.05) is 4.72 Å². The molecule has 0 fully saturated rings. The molecule has 0 unspecified atom stereocenters. The molecule has 0 aliphatic rings. The number of rotatable bonds is 4. The van der Waals surface area contributed by atoms with Gasteiger partial charge in [-0.25, -0.2) is 13.1 Å². The van der Waals surface area contributed by atoms with Crippen molar-refractivity contribution in [2.45, 2.75) is 18.0 Å². The third kappa shape index (κ3) is 3.61. The van der Waals surface area contributed by atoms with Crippen LogP contribution >= 0.6 is 0 Å². The first-order chi connectivity index (χ1) is 14.0. The van der Waals surface area contributed by atoms with Gasteiger partial charge in [0.15, 0.2) is 0 Å². The van der Waals surface area contributed by atoms with Gasteiger partial charge in [-0.2, -0.15) is 23.4 Å². The van der Waals surface area contributed by atoms with E-state index in [2.05, 4.69) is 19.9 Å². The molecule has 156 valence electrons. The highest BCUT2D eigenvalue weighted by molar-refractivity contribution is 7.92. The topological polar surface area (TPSA) is 94.7 Å². The van der Waals surface area contributed by atoms with Gasteiger partial charge in [0.05, 0.1) is 23.8 Å². The SMILES string of the molecule is Cc1ccc2cn(C)nc2c1NS(=O)(=O)c1cnn(-c2ccnc(C(F)(F)F)c2)c1. The molecule has 0 aliphatic carbocycles. The smallest absolute Gasteiger partial charge is 0.277 e. The molecule has 0 bridgehead atoms. The lowest BCUT2D eigenvalue weighted by Gasteiger charge is -2.10. The minimum atomic E-state index is -4.63. The van der Waals surface area contributed by atoms with Gasteiger partial charge in [-0.05, 0) is 24.6 Å². The Morgan fingerprint density at radius 3 is 2.63 bits per heavy atom. The maximum atomic E-state index is 12.9. The molecule has 30 heavy (non-hydrogen) atoms. The second kappa shape index (κ2) is 6.83. The summed E-state index contributed by atoms with van der Waals surface area (Å²) in [5, 5.41) is 8.94. The molecule has 0 radical (unpaired) electrons. The Morgan fingerprint density at radius 1 is 1.13 bits per heavy atom. The molecule has 0 saturated carbocycles. The second-order valence-corrected chi connectivity index (χ2v) is 8.30. The number of nitrogens with zero attached hydrogens (tertiary/aromatic N) is 5. The summed E-state index contributed by atoms with van der Waals surface area (Å²) in [4.78, 5) is 3.07. The molecule has 12 heteroatoms. The molecule has 0 atom stereocenters. The molecule has 3 heterocycles. The van der Waals surface area contributed by atoms with Crippen molar-refractivity contribution in [3.63, 3.8) is 0 Å². The fourth-order valence-electron chi connectivity index (χ4n) is 2.93. The van der Waals surface area contributed by atoms with Crippen LogP contribution in [0.4, 0.5) is 18.9 Å². The molecule has 1 N–H and O–H groups in total. The van der Waals surface area contributed by atoms with E-state index in [1.54, 1.807) is 30.9 Å². The fourth-order valence-corrected chi connectivity index (χ4v) is 4.00. The van der Waals surface area contributed by atoms with Crippen molar-refractivity contribution in [2.24, 2.45) is 7.05 Å². The Kier molecular flexibility index (Phi) is 4.53. The quantitative estimate of drug-likeness (QED) is 0.530. The zero-order valence-corrected chi connectivity index (χ0v) is 16.5. The number of alkyl halides is 3. The third-order valence-electron chi connectivity index (χ3n) is 4.41. The van der Waals surface area contributed by atoms with Crippen molar-refractivity contribution in [3.8, 4) is 5.69 Å². The number of nitrogens with one attached hydrogen (secondary N) is 1. The molecular formula is C18H15F3N6O2S. The van der Waals surface area contributed by atoms with Crippen LogP contribution < -0.4 is 4.72 Å². The van der Waals surface area contributed by atoms with Crippen LogP contribution in [-0.4, -0.2) is 33.0 Å². The largest absolute Gasteiger partial charge is 0.433 e. The van der Waals surface area contributed by atoms with Crippen LogP contribution in [0.15, 0.2) is 53.9 Å². The molecule has 4 rings (SSSR count). The average Bonchev–Trinajstić information content (AvgIpc) is 3.31. The standard InChI is InChI=1S/C18H15F3N6O2S/c1-11-3-4-12-9-26(2)24-17(12)16(11)25-30(28,29)14-8-23-27(10-14)13-5-6-22-15(7-13)18(19,20)21/h3-10,25H,1-2H3. The zero-order chi connectivity index (χ0) is 21.7. The van der Waals surface area contributed by atoms with Crippen LogP contribution in [0.5, 0.6) is 0 Å². The number of halogens is 3. The average molecular weight is 436 g/mol. The number of pyridine rings is 1. The number of anilines is 1. The Morgan fingerprint density at radius 2 is 1.90 bits per heavy atom. The highest BCUT2D eigenvalue weighted by Crippen LogP contribution is 2.30. The minimum absolute atomic E-state index is 0.0294. The van der Waals surface area contributed by atoms with Crippen molar-refractivity contribution in [1.82, 2.24) is 24.5 Å². The summed E-state index contributed by atoms with van der Waals surface area (Å²) < 4.78 is 69.5. The van der Waals surface area contributed by atoms with Crippen molar-refractivity contribution in [1.29, 1.82) is 0 Å². The Labute approximate surface area is 169 Å². The number of sulfonamides is 1. The van der Waals surface area contributed by atoms with E-state index in [1.807, 2.05) is 6.07 Å². The summed E-state index contributed by atoms with van der Waals surface area (Å²) in [6.45, 7) is 1.74. The van der Waals surface area contributed by atoms with Gasteiger partial charge >= 0.3 is 6.18 Å². The van der Waals surface area contributed by atoms with Crippen LogP contribution in [0, 0.1) is 6.92 Å². The van der Waals surface area contributed by atoms with Gasteiger partial charge < -0.3 is 0 Å². The molecule has 8 nitrogen and oxygen atoms in total. The molecule has 4 aromatic rings. The lowest BCUT2D eigenvalue weighted by atomic mass is 10.1. The number of aromatic nitrogens is 5. The number of hydrogen-bond donors (Lipinski definition) is 1. The normalized spacial score (nSPS) is 12.4. The highest BCUT2D eigenvalue weighted by Gasteiger charge is 2.32. The van der Waals surface area contributed by atoms with E-state index < -0.39 is 21.9 Å². The van der Waals surface area contributed by atoms with Crippen LogP contribution in [0.2, 0.25) is 0 Å². The van der Waals surface area contributed by atoms with Gasteiger partial charge in [-0.1, -0.05) is 12.1 Å². The van der Waals surface area contributed by atoms with Crippen molar-refractivity contribution < 1.29 is 21.6 Å². The van der Waals surface area contributed by atoms with E-state index in [1.165, 1.54) is 6.07 Å². The first-order valence-corrected chi connectivity index (χ1v) is 10.1. The maximum absolute atomic E-state index is 12.9. The monoisotopic (exact) mass is 436 g/mol. The lowest BCUT2D eigenvalue weighted by Crippen LogP contribution is -2.13. The van der Waals surface area contributed by atoms with E-state index >= 15 is 0 Å². The van der Waals surface area contributed by atoms with Crippen LogP contribution in [0.3, 0.4) is 0 Å². The first-order valence-electron chi connectivity index (χ1n) is 8.59. The maximum Gasteiger partial charge on any atom is 0.433 e. The fraction of sp³-hybridized carbons (Fsp3) is 0.167. The Hall–Kier alpha value is -3.41. The van der Waals surface area contributed by atoms with Crippen LogP contribution in [0.25, 0.3) is 16.6 Å². The summed E-state index contributed by atoms with van der Waals surface area (Å²) >= 11 is 0. The van der Waals surface area contributed by atoms with Gasteiger partial charge in [0.1, 0.15) is 16.1 Å². The second-order valence-electron chi connectivity index (χ2n) is 6.62. The molecule has 0 saturated heterocycles. The zero-order valence-electron chi connectivity index (χ0n) is 15.7. The van der Waals surface area contributed by atoms with E-state index in [0.717, 1.165) is 34.7 Å². The predicted octanol–water partition coefficient (Wildman–Crippen LogP) is 3.28. The molecule has 0 spiro atoms. The van der Waals surface area contributed by atoms with E-state index in [9.17, 15) is 21.6 Å². The van der Waals surface area contributed by atoms with Crippen LogP contribution in [0.1, 0.15) is 11.3 Å². The molecular weight excluding hydrogens is 421 g/mol. The van der Waals surface area contributed by atoms with Gasteiger partial charge in [0.2, 0.25) is 0 Å². The van der Waals surface area contributed by atoms with Gasteiger partial charge in [-0.15, -0.1) is 0 Å². The lowest BCUT2D eigenvalue weighted by molar-refractivity contribution is -0.141. The number of benzene rings is 1. The van der Waals surface area contributed by atoms with Crippen molar-refractivity contribution in [3.05, 3.63) is 60.3 Å². The predicted molar refractivity (Wildman–Crippen MR) is 103 cm³/mol. The van der Waals surface area contributed by atoms with E-state index in [4.69, 9.17) is 0 Å². The van der Waals surface area contributed by atoms with Crippen LogP contribution in [-0.2, 0) is 23.2 Å². The number of aryl methyl sites for hydroxylation is 2. The summed E-state index contributed by atoms with van der Waals surface area (Å²) in [7, 11) is -2.34. The summed E-state index contributed by atoms with van der Waals surface area (Å²) in [5.41, 5.74) is 0.403. The summed E-state index contributed by atoms with van der Waals surface area (Å²) in [6.07, 6.45) is 0.303. The molecule has 1 aromatic carbocycles. The van der Waals surface area contributed by atoms with E-state index in [-0.39, 0.29) is 10.6 Å². The van der Waals surface area contributed by atoms with Gasteiger partial charge in [-0.3, -0.25) is 14.4 Å². The molecule has 3 aromatic heterocycles. The molecule has 0 aliphatic heterocycles. The van der Waals surface area contributed by atoms with Gasteiger partial charge in [0.25, 0.3) is 10.0 Å². The summed E-state index contributed by atoms with van der Waals surface area (Å²) in [6, 6.07) is 5.68. The molecule has 0 amide bonds. The number of hydrogen-bond acceptors (Lipinski definition) is 5. The third-order valence-corrected chi connectivity index (χ3v) is 5.71. The Bertz CT molecular complexity index is 1360. The summed E-state index contributed by atoms with van der Waals surface area (Å²) in [5.74, 6) is 0.